The van der Waals surface area contributed by atoms with Crippen molar-refractivity contribution in [1.82, 2.24) is 20.4 Å². The van der Waals surface area contributed by atoms with Crippen LogP contribution in [0.15, 0.2) is 24.3 Å². The first kappa shape index (κ1) is 20.0. The predicted molar refractivity (Wildman–Crippen MR) is 102 cm³/mol. The summed E-state index contributed by atoms with van der Waals surface area (Å²) < 4.78 is 1.75. The smallest absolute Gasteiger partial charge is 0.255 e. The summed E-state index contributed by atoms with van der Waals surface area (Å²) in [6, 6.07) is 7.53. The quantitative estimate of drug-likeness (QED) is 0.842. The molecule has 1 aromatic carbocycles. The number of aryl methyl sites for hydroxylation is 1. The Morgan fingerprint density at radius 1 is 1.19 bits per heavy atom. The van der Waals surface area contributed by atoms with Crippen LogP contribution in [0.5, 0.6) is 0 Å². The SMILES string of the molecule is Cc1nn(Cc2ccccc2Cl)c(C)c1C(=O)NCC(=O)NC(C)(C)C. The van der Waals surface area contributed by atoms with Crippen LogP contribution in [0.4, 0.5) is 0 Å². The third kappa shape index (κ3) is 5.08. The van der Waals surface area contributed by atoms with Crippen LogP contribution in [-0.4, -0.2) is 33.7 Å². The average molecular weight is 377 g/mol. The van der Waals surface area contributed by atoms with Gasteiger partial charge in [0.2, 0.25) is 5.91 Å². The number of halogens is 1. The number of carbonyl (C=O) groups is 2. The number of aromatic nitrogens is 2. The van der Waals surface area contributed by atoms with Crippen molar-refractivity contribution in [3.63, 3.8) is 0 Å². The van der Waals surface area contributed by atoms with Gasteiger partial charge in [-0.3, -0.25) is 14.3 Å². The van der Waals surface area contributed by atoms with E-state index in [0.717, 1.165) is 11.3 Å². The summed E-state index contributed by atoms with van der Waals surface area (Å²) in [7, 11) is 0. The molecule has 1 heterocycles. The van der Waals surface area contributed by atoms with Crippen LogP contribution in [0, 0.1) is 13.8 Å². The second kappa shape index (κ2) is 7.91. The first-order valence-corrected chi connectivity index (χ1v) is 8.83. The first-order chi connectivity index (χ1) is 12.1. The Kier molecular flexibility index (Phi) is 6.08. The van der Waals surface area contributed by atoms with Gasteiger partial charge in [0.1, 0.15) is 0 Å². The van der Waals surface area contributed by atoms with Crippen LogP contribution in [0.25, 0.3) is 0 Å². The van der Waals surface area contributed by atoms with Gasteiger partial charge in [-0.25, -0.2) is 0 Å². The minimum Gasteiger partial charge on any atom is -0.350 e. The Labute approximate surface area is 158 Å². The van der Waals surface area contributed by atoms with Gasteiger partial charge < -0.3 is 10.6 Å². The number of carbonyl (C=O) groups excluding carboxylic acids is 2. The van der Waals surface area contributed by atoms with Crippen LogP contribution in [-0.2, 0) is 11.3 Å². The summed E-state index contributed by atoms with van der Waals surface area (Å²) in [5.74, 6) is -0.543. The number of nitrogens with one attached hydrogen (secondary N) is 2. The summed E-state index contributed by atoms with van der Waals surface area (Å²) >= 11 is 6.21. The number of hydrogen-bond donors (Lipinski definition) is 2. The van der Waals surface area contributed by atoms with E-state index in [4.69, 9.17) is 11.6 Å². The van der Waals surface area contributed by atoms with Crippen molar-refractivity contribution in [3.05, 3.63) is 51.8 Å². The third-order valence-corrected chi connectivity index (χ3v) is 4.18. The van der Waals surface area contributed by atoms with Crippen molar-refractivity contribution < 1.29 is 9.59 Å². The van der Waals surface area contributed by atoms with Crippen LogP contribution < -0.4 is 10.6 Å². The van der Waals surface area contributed by atoms with E-state index in [2.05, 4.69) is 15.7 Å². The van der Waals surface area contributed by atoms with Crippen molar-refractivity contribution in [1.29, 1.82) is 0 Å². The maximum Gasteiger partial charge on any atom is 0.255 e. The van der Waals surface area contributed by atoms with E-state index in [-0.39, 0.29) is 23.9 Å². The molecular formula is C19H25ClN4O2. The molecule has 0 saturated heterocycles. The van der Waals surface area contributed by atoms with Gasteiger partial charge in [0, 0.05) is 16.3 Å². The lowest BCUT2D eigenvalue weighted by Gasteiger charge is -2.20. The second-order valence-electron chi connectivity index (χ2n) is 7.28. The molecule has 7 heteroatoms. The summed E-state index contributed by atoms with van der Waals surface area (Å²) in [5.41, 5.74) is 2.42. The highest BCUT2D eigenvalue weighted by atomic mass is 35.5. The number of nitrogens with zero attached hydrogens (tertiary/aromatic N) is 2. The fraction of sp³-hybridized carbons (Fsp3) is 0.421. The van der Waals surface area contributed by atoms with Crippen molar-refractivity contribution in [2.75, 3.05) is 6.54 Å². The Morgan fingerprint density at radius 3 is 2.46 bits per heavy atom. The largest absolute Gasteiger partial charge is 0.350 e. The number of hydrogen-bond acceptors (Lipinski definition) is 3. The zero-order valence-corrected chi connectivity index (χ0v) is 16.6. The van der Waals surface area contributed by atoms with Crippen LogP contribution in [0.1, 0.15) is 48.1 Å². The maximum absolute atomic E-state index is 12.5. The van der Waals surface area contributed by atoms with E-state index in [1.807, 2.05) is 52.0 Å². The zero-order chi connectivity index (χ0) is 19.5. The molecule has 0 radical (unpaired) electrons. The molecule has 0 aliphatic heterocycles. The van der Waals surface area contributed by atoms with Crippen LogP contribution >= 0.6 is 11.6 Å². The topological polar surface area (TPSA) is 76.0 Å². The van der Waals surface area contributed by atoms with E-state index < -0.39 is 0 Å². The Balaban J connectivity index is 2.10. The molecule has 2 rings (SSSR count). The molecular weight excluding hydrogens is 352 g/mol. The Hall–Kier alpha value is -2.34. The van der Waals surface area contributed by atoms with Gasteiger partial charge in [-0.2, -0.15) is 5.10 Å². The van der Waals surface area contributed by atoms with Crippen molar-refractivity contribution in [3.8, 4) is 0 Å². The lowest BCUT2D eigenvalue weighted by molar-refractivity contribution is -0.121. The molecule has 140 valence electrons. The molecule has 0 atom stereocenters. The highest BCUT2D eigenvalue weighted by Gasteiger charge is 2.20. The van der Waals surface area contributed by atoms with Gasteiger partial charge in [0.25, 0.3) is 5.91 Å². The molecule has 0 unspecified atom stereocenters. The minimum atomic E-state index is -0.340. The van der Waals surface area contributed by atoms with Gasteiger partial charge in [-0.15, -0.1) is 0 Å². The molecule has 2 amide bonds. The van der Waals surface area contributed by atoms with Crippen molar-refractivity contribution in [2.45, 2.75) is 46.7 Å². The molecule has 1 aromatic heterocycles. The fourth-order valence-electron chi connectivity index (χ4n) is 2.68. The molecule has 26 heavy (non-hydrogen) atoms. The predicted octanol–water partition coefficient (Wildman–Crippen LogP) is 2.85. The maximum atomic E-state index is 12.5. The highest BCUT2D eigenvalue weighted by molar-refractivity contribution is 6.31. The van der Waals surface area contributed by atoms with E-state index in [1.165, 1.54) is 0 Å². The van der Waals surface area contributed by atoms with Crippen molar-refractivity contribution in [2.24, 2.45) is 0 Å². The molecule has 2 aromatic rings. The highest BCUT2D eigenvalue weighted by Crippen LogP contribution is 2.19. The molecule has 0 bridgehead atoms. The van der Waals surface area contributed by atoms with E-state index >= 15 is 0 Å². The lowest BCUT2D eigenvalue weighted by Crippen LogP contribution is -2.45. The van der Waals surface area contributed by atoms with Crippen LogP contribution in [0.3, 0.4) is 0 Å². The summed E-state index contributed by atoms with van der Waals surface area (Å²) in [6.07, 6.45) is 0. The summed E-state index contributed by atoms with van der Waals surface area (Å²) in [4.78, 5) is 24.4. The van der Waals surface area contributed by atoms with E-state index in [9.17, 15) is 9.59 Å². The number of benzene rings is 1. The van der Waals surface area contributed by atoms with E-state index in [0.29, 0.717) is 22.8 Å². The van der Waals surface area contributed by atoms with Gasteiger partial charge in [-0.1, -0.05) is 29.8 Å². The molecule has 0 saturated carbocycles. The zero-order valence-electron chi connectivity index (χ0n) is 15.8. The van der Waals surface area contributed by atoms with Gasteiger partial charge in [0.05, 0.1) is 24.3 Å². The minimum absolute atomic E-state index is 0.0787. The standard InChI is InChI=1S/C19H25ClN4O2/c1-12-17(18(26)21-10-16(25)22-19(3,4)5)13(2)24(23-12)11-14-8-6-7-9-15(14)20/h6-9H,10-11H2,1-5H3,(H,21,26)(H,22,25). The molecule has 0 fully saturated rings. The van der Waals surface area contributed by atoms with Gasteiger partial charge in [0.15, 0.2) is 0 Å². The molecule has 0 aliphatic rings. The molecule has 0 spiro atoms. The van der Waals surface area contributed by atoms with Crippen molar-refractivity contribution >= 4 is 23.4 Å². The Morgan fingerprint density at radius 2 is 1.85 bits per heavy atom. The molecule has 0 aliphatic carbocycles. The molecule has 6 nitrogen and oxygen atoms in total. The number of amides is 2. The monoisotopic (exact) mass is 376 g/mol. The lowest BCUT2D eigenvalue weighted by atomic mass is 10.1. The summed E-state index contributed by atoms with van der Waals surface area (Å²) in [5, 5.41) is 10.6. The van der Waals surface area contributed by atoms with Gasteiger partial charge >= 0.3 is 0 Å². The van der Waals surface area contributed by atoms with Gasteiger partial charge in [-0.05, 0) is 46.2 Å². The summed E-state index contributed by atoms with van der Waals surface area (Å²) in [6.45, 7) is 9.68. The normalized spacial score (nSPS) is 11.3. The Bertz CT molecular complexity index is 821. The number of rotatable bonds is 5. The average Bonchev–Trinajstić information content (AvgIpc) is 2.80. The fourth-order valence-corrected chi connectivity index (χ4v) is 2.87. The first-order valence-electron chi connectivity index (χ1n) is 8.45. The second-order valence-corrected chi connectivity index (χ2v) is 7.68. The van der Waals surface area contributed by atoms with Crippen LogP contribution in [0.2, 0.25) is 5.02 Å². The third-order valence-electron chi connectivity index (χ3n) is 3.81. The van der Waals surface area contributed by atoms with E-state index in [1.54, 1.807) is 11.6 Å². The molecule has 2 N–H and O–H groups in total.